The maximum Gasteiger partial charge on any atom is 0.325 e. The van der Waals surface area contributed by atoms with Gasteiger partial charge in [-0.1, -0.05) is 20.3 Å². The minimum Gasteiger partial charge on any atom is -0.480 e. The van der Waals surface area contributed by atoms with Crippen molar-refractivity contribution in [2.24, 2.45) is 17.4 Å². The number of hydrogen-bond acceptors (Lipinski definition) is 6. The van der Waals surface area contributed by atoms with Crippen LogP contribution in [0.25, 0.3) is 0 Å². The Kier molecular flexibility index (Phi) is 10.8. The zero-order valence-corrected chi connectivity index (χ0v) is 16.7. The second kappa shape index (κ2) is 11.9. The Morgan fingerprint density at radius 2 is 1.43 bits per heavy atom. The van der Waals surface area contributed by atoms with Crippen molar-refractivity contribution in [3.63, 3.8) is 0 Å². The third-order valence-corrected chi connectivity index (χ3v) is 4.35. The monoisotopic (exact) mass is 401 g/mol. The van der Waals surface area contributed by atoms with Crippen LogP contribution in [0.2, 0.25) is 0 Å². The van der Waals surface area contributed by atoms with Gasteiger partial charge < -0.3 is 32.5 Å². The number of hydrogen-bond donors (Lipinski definition) is 6. The summed E-state index contributed by atoms with van der Waals surface area (Å²) in [6.07, 6.45) is 0.373. The number of nitrogens with one attached hydrogen (secondary N) is 3. The number of carboxylic acid groups (broad SMARTS) is 1. The lowest BCUT2D eigenvalue weighted by atomic mass is 9.99. The molecule has 0 spiro atoms. The quantitative estimate of drug-likeness (QED) is 0.222. The Balaban J connectivity index is 5.01. The molecule has 11 heteroatoms. The molecule has 0 bridgehead atoms. The van der Waals surface area contributed by atoms with Crippen LogP contribution in [-0.2, 0) is 24.0 Å². The van der Waals surface area contributed by atoms with Crippen LogP contribution in [0.3, 0.4) is 0 Å². The molecule has 0 rings (SSSR count). The molecule has 5 atom stereocenters. The van der Waals surface area contributed by atoms with Gasteiger partial charge in [0.15, 0.2) is 0 Å². The molecule has 0 aliphatic heterocycles. The number of carbonyl (C=O) groups is 5. The molecule has 160 valence electrons. The van der Waals surface area contributed by atoms with Crippen molar-refractivity contribution in [3.8, 4) is 0 Å². The van der Waals surface area contributed by atoms with Gasteiger partial charge in [0.05, 0.1) is 6.04 Å². The fraction of sp³-hybridized carbons (Fsp3) is 0.706. The summed E-state index contributed by atoms with van der Waals surface area (Å²) in [7, 11) is 0. The predicted molar refractivity (Wildman–Crippen MR) is 101 cm³/mol. The van der Waals surface area contributed by atoms with Crippen LogP contribution in [-0.4, -0.2) is 58.9 Å². The van der Waals surface area contributed by atoms with Crippen molar-refractivity contribution in [2.75, 3.05) is 0 Å². The van der Waals surface area contributed by atoms with Crippen LogP contribution in [0, 0.1) is 5.92 Å². The van der Waals surface area contributed by atoms with E-state index in [-0.39, 0.29) is 18.8 Å². The van der Waals surface area contributed by atoms with Gasteiger partial charge in [-0.2, -0.15) is 0 Å². The zero-order valence-electron chi connectivity index (χ0n) is 16.7. The van der Waals surface area contributed by atoms with Crippen molar-refractivity contribution < 1.29 is 29.1 Å². The number of amides is 4. The molecule has 0 saturated heterocycles. The Bertz CT molecular complexity index is 597. The summed E-state index contributed by atoms with van der Waals surface area (Å²) < 4.78 is 0. The molecule has 5 unspecified atom stereocenters. The summed E-state index contributed by atoms with van der Waals surface area (Å²) in [5.74, 6) is -3.99. The molecule has 0 aromatic carbocycles. The molecule has 0 aromatic rings. The topological polar surface area (TPSA) is 194 Å². The van der Waals surface area contributed by atoms with E-state index in [1.54, 1.807) is 0 Å². The van der Waals surface area contributed by atoms with Crippen LogP contribution < -0.4 is 27.4 Å². The van der Waals surface area contributed by atoms with E-state index in [4.69, 9.17) is 16.6 Å². The van der Waals surface area contributed by atoms with Gasteiger partial charge in [-0.15, -0.1) is 0 Å². The van der Waals surface area contributed by atoms with Gasteiger partial charge in [0.1, 0.15) is 18.1 Å². The second-order valence-electron chi connectivity index (χ2n) is 6.78. The number of carbonyl (C=O) groups excluding carboxylic acids is 4. The summed E-state index contributed by atoms with van der Waals surface area (Å²) in [4.78, 5) is 58.6. The third kappa shape index (κ3) is 8.80. The zero-order chi connectivity index (χ0) is 22.0. The fourth-order valence-corrected chi connectivity index (χ4v) is 2.12. The standard InChI is InChI=1S/C17H31N5O6/c1-5-8(2)13(19)16(26)20-9(3)14(24)22-11(6-7-12(18)23)15(25)21-10(4)17(27)28/h8-11,13H,5-7,19H2,1-4H3,(H2,18,23)(H,20,26)(H,21,25)(H,22,24)(H,27,28). The lowest BCUT2D eigenvalue weighted by molar-refractivity contribution is -0.142. The van der Waals surface area contributed by atoms with E-state index in [0.29, 0.717) is 6.42 Å². The molecule has 4 amide bonds. The second-order valence-corrected chi connectivity index (χ2v) is 6.78. The van der Waals surface area contributed by atoms with Crippen molar-refractivity contribution in [1.82, 2.24) is 16.0 Å². The first kappa shape index (κ1) is 25.3. The van der Waals surface area contributed by atoms with E-state index >= 15 is 0 Å². The molecule has 0 fully saturated rings. The molecule has 0 aliphatic rings. The molecular formula is C17H31N5O6. The third-order valence-electron chi connectivity index (χ3n) is 4.35. The summed E-state index contributed by atoms with van der Waals surface area (Å²) >= 11 is 0. The number of nitrogens with two attached hydrogens (primary N) is 2. The van der Waals surface area contributed by atoms with E-state index in [1.807, 2.05) is 13.8 Å². The van der Waals surface area contributed by atoms with Crippen molar-refractivity contribution >= 4 is 29.6 Å². The van der Waals surface area contributed by atoms with Gasteiger partial charge in [0.2, 0.25) is 23.6 Å². The number of carboxylic acids is 1. The smallest absolute Gasteiger partial charge is 0.325 e. The van der Waals surface area contributed by atoms with E-state index in [1.165, 1.54) is 13.8 Å². The van der Waals surface area contributed by atoms with Gasteiger partial charge in [-0.05, 0) is 26.2 Å². The molecule has 28 heavy (non-hydrogen) atoms. The predicted octanol–water partition coefficient (Wildman–Crippen LogP) is -1.80. The highest BCUT2D eigenvalue weighted by atomic mass is 16.4. The maximum atomic E-state index is 12.3. The van der Waals surface area contributed by atoms with Crippen LogP contribution in [0.5, 0.6) is 0 Å². The lowest BCUT2D eigenvalue weighted by Gasteiger charge is -2.23. The Morgan fingerprint density at radius 1 is 0.893 bits per heavy atom. The SMILES string of the molecule is CCC(C)C(N)C(=O)NC(C)C(=O)NC(CCC(N)=O)C(=O)NC(C)C(=O)O. The highest BCUT2D eigenvalue weighted by Gasteiger charge is 2.28. The van der Waals surface area contributed by atoms with Gasteiger partial charge in [-0.3, -0.25) is 24.0 Å². The Labute approximate surface area is 164 Å². The first-order valence-corrected chi connectivity index (χ1v) is 9.08. The van der Waals surface area contributed by atoms with Crippen molar-refractivity contribution in [1.29, 1.82) is 0 Å². The Morgan fingerprint density at radius 3 is 1.89 bits per heavy atom. The molecule has 0 aromatic heterocycles. The van der Waals surface area contributed by atoms with Crippen molar-refractivity contribution in [3.05, 3.63) is 0 Å². The maximum absolute atomic E-state index is 12.3. The molecule has 8 N–H and O–H groups in total. The number of aliphatic carboxylic acids is 1. The highest BCUT2D eigenvalue weighted by molar-refractivity contribution is 5.94. The average Bonchev–Trinajstić information content (AvgIpc) is 2.62. The van der Waals surface area contributed by atoms with Crippen LogP contribution in [0.1, 0.15) is 47.0 Å². The normalized spacial score (nSPS) is 16.0. The highest BCUT2D eigenvalue weighted by Crippen LogP contribution is 2.06. The molecule has 0 heterocycles. The first-order chi connectivity index (χ1) is 12.9. The molecule has 0 aliphatic carbocycles. The molecular weight excluding hydrogens is 370 g/mol. The van der Waals surface area contributed by atoms with Gasteiger partial charge in [-0.25, -0.2) is 0 Å². The van der Waals surface area contributed by atoms with Crippen LogP contribution in [0.15, 0.2) is 0 Å². The lowest BCUT2D eigenvalue weighted by Crippen LogP contribution is -2.56. The molecule has 0 saturated carbocycles. The first-order valence-electron chi connectivity index (χ1n) is 9.08. The van der Waals surface area contributed by atoms with Crippen molar-refractivity contribution in [2.45, 2.75) is 71.1 Å². The van der Waals surface area contributed by atoms with Gasteiger partial charge >= 0.3 is 5.97 Å². The molecule has 11 nitrogen and oxygen atoms in total. The molecule has 0 radical (unpaired) electrons. The summed E-state index contributed by atoms with van der Waals surface area (Å²) in [6, 6.07) is -4.16. The fourth-order valence-electron chi connectivity index (χ4n) is 2.12. The minimum atomic E-state index is -1.26. The van der Waals surface area contributed by atoms with E-state index in [9.17, 15) is 24.0 Å². The van der Waals surface area contributed by atoms with Gasteiger partial charge in [0, 0.05) is 6.42 Å². The summed E-state index contributed by atoms with van der Waals surface area (Å²) in [5.41, 5.74) is 10.9. The van der Waals surface area contributed by atoms with Crippen LogP contribution in [0.4, 0.5) is 0 Å². The van der Waals surface area contributed by atoms with Crippen LogP contribution >= 0.6 is 0 Å². The minimum absolute atomic E-state index is 0.0816. The summed E-state index contributed by atoms with van der Waals surface area (Å²) in [6.45, 7) is 6.36. The van der Waals surface area contributed by atoms with E-state index in [2.05, 4.69) is 16.0 Å². The largest absolute Gasteiger partial charge is 0.480 e. The summed E-state index contributed by atoms with van der Waals surface area (Å²) in [5, 5.41) is 16.0. The van der Waals surface area contributed by atoms with E-state index < -0.39 is 53.8 Å². The Hall–Kier alpha value is -2.69. The van der Waals surface area contributed by atoms with Gasteiger partial charge in [0.25, 0.3) is 0 Å². The average molecular weight is 401 g/mol. The number of primary amides is 1. The number of rotatable bonds is 12. The van der Waals surface area contributed by atoms with E-state index in [0.717, 1.165) is 0 Å².